The van der Waals surface area contributed by atoms with E-state index in [1.165, 1.54) is 0 Å². The van der Waals surface area contributed by atoms with Gasteiger partial charge in [-0.1, -0.05) is 11.6 Å². The van der Waals surface area contributed by atoms with Gasteiger partial charge in [-0.2, -0.15) is 0 Å². The van der Waals surface area contributed by atoms with Crippen LogP contribution in [0.3, 0.4) is 0 Å². The molecule has 2 aromatic rings. The van der Waals surface area contributed by atoms with Crippen LogP contribution in [0.1, 0.15) is 23.2 Å². The zero-order valence-electron chi connectivity index (χ0n) is 13.8. The summed E-state index contributed by atoms with van der Waals surface area (Å²) in [7, 11) is 0. The Morgan fingerprint density at radius 3 is 2.16 bits per heavy atom. The van der Waals surface area contributed by atoms with Crippen molar-refractivity contribution in [3.05, 3.63) is 59.1 Å². The number of benzene rings is 2. The molecule has 130 valence electrons. The fourth-order valence-corrected chi connectivity index (χ4v) is 2.88. The van der Waals surface area contributed by atoms with Gasteiger partial charge in [-0.3, -0.25) is 9.59 Å². The highest BCUT2D eigenvalue weighted by molar-refractivity contribution is 6.30. The van der Waals surface area contributed by atoms with Crippen LogP contribution in [0.25, 0.3) is 0 Å². The molecule has 0 spiro atoms. The van der Waals surface area contributed by atoms with Gasteiger partial charge in [-0.15, -0.1) is 0 Å². The summed E-state index contributed by atoms with van der Waals surface area (Å²) in [4.78, 5) is 26.1. The molecule has 2 amide bonds. The Kier molecular flexibility index (Phi) is 5.56. The Morgan fingerprint density at radius 2 is 1.52 bits per heavy atom. The molecule has 0 atom stereocenters. The normalized spacial score (nSPS) is 13.6. The van der Waals surface area contributed by atoms with Gasteiger partial charge in [0, 0.05) is 35.1 Å². The van der Waals surface area contributed by atoms with E-state index in [9.17, 15) is 9.59 Å². The quantitative estimate of drug-likeness (QED) is 0.859. The Hall–Kier alpha value is -2.53. The number of amides is 2. The van der Waals surface area contributed by atoms with Gasteiger partial charge in [0.05, 0.1) is 6.54 Å². The third kappa shape index (κ3) is 4.73. The lowest BCUT2D eigenvalue weighted by atomic mass is 10.2. The van der Waals surface area contributed by atoms with Gasteiger partial charge in [0.15, 0.2) is 0 Å². The number of halogens is 1. The highest BCUT2D eigenvalue weighted by atomic mass is 35.5. The van der Waals surface area contributed by atoms with Crippen LogP contribution in [-0.4, -0.2) is 36.3 Å². The van der Waals surface area contributed by atoms with Crippen molar-refractivity contribution in [2.45, 2.75) is 12.8 Å². The summed E-state index contributed by atoms with van der Waals surface area (Å²) in [6.45, 7) is 1.81. The molecule has 0 saturated carbocycles. The molecular formula is C19H20ClN3O2. The number of nitrogens with one attached hydrogen (secondary N) is 2. The molecule has 25 heavy (non-hydrogen) atoms. The fraction of sp³-hybridized carbons (Fsp3) is 0.263. The first-order chi connectivity index (χ1) is 12.1. The number of carbonyl (C=O) groups excluding carboxylic acids is 2. The van der Waals surface area contributed by atoms with Gasteiger partial charge in [0.1, 0.15) is 0 Å². The standard InChI is InChI=1S/C19H20ClN3O2/c20-15-5-9-17(10-6-15)22-18(24)13-21-16-7-3-14(4-8-16)19(25)23-11-1-2-12-23/h3-10,21H,1-2,11-13H2,(H,22,24). The van der Waals surface area contributed by atoms with E-state index >= 15 is 0 Å². The second-order valence-electron chi connectivity index (χ2n) is 5.99. The van der Waals surface area contributed by atoms with E-state index in [2.05, 4.69) is 10.6 Å². The predicted molar refractivity (Wildman–Crippen MR) is 100 cm³/mol. The minimum atomic E-state index is -0.153. The second kappa shape index (κ2) is 8.03. The molecule has 2 N–H and O–H groups in total. The Labute approximate surface area is 152 Å². The molecule has 0 unspecified atom stereocenters. The lowest BCUT2D eigenvalue weighted by Crippen LogP contribution is -2.27. The number of rotatable bonds is 5. The number of hydrogen-bond donors (Lipinski definition) is 2. The van der Waals surface area contributed by atoms with Crippen LogP contribution >= 0.6 is 11.6 Å². The van der Waals surface area contributed by atoms with E-state index in [1.54, 1.807) is 36.4 Å². The highest BCUT2D eigenvalue weighted by Gasteiger charge is 2.19. The van der Waals surface area contributed by atoms with Gasteiger partial charge in [0.25, 0.3) is 5.91 Å². The van der Waals surface area contributed by atoms with Crippen LogP contribution in [-0.2, 0) is 4.79 Å². The monoisotopic (exact) mass is 357 g/mol. The average molecular weight is 358 g/mol. The minimum Gasteiger partial charge on any atom is -0.376 e. The Balaban J connectivity index is 1.50. The molecular weight excluding hydrogens is 338 g/mol. The average Bonchev–Trinajstić information content (AvgIpc) is 3.16. The molecule has 1 heterocycles. The van der Waals surface area contributed by atoms with E-state index in [0.717, 1.165) is 31.6 Å². The van der Waals surface area contributed by atoms with Gasteiger partial charge in [-0.05, 0) is 61.4 Å². The van der Waals surface area contributed by atoms with Gasteiger partial charge < -0.3 is 15.5 Å². The lowest BCUT2D eigenvalue weighted by Gasteiger charge is -2.15. The molecule has 1 saturated heterocycles. The predicted octanol–water partition coefficient (Wildman–Crippen LogP) is 3.63. The number of nitrogens with zero attached hydrogens (tertiary/aromatic N) is 1. The number of hydrogen-bond acceptors (Lipinski definition) is 3. The van der Waals surface area contributed by atoms with Crippen molar-refractivity contribution in [2.24, 2.45) is 0 Å². The first-order valence-corrected chi connectivity index (χ1v) is 8.68. The van der Waals surface area contributed by atoms with Crippen molar-refractivity contribution >= 4 is 34.8 Å². The summed E-state index contributed by atoms with van der Waals surface area (Å²) in [5.74, 6) is -0.0796. The van der Waals surface area contributed by atoms with Crippen molar-refractivity contribution in [3.63, 3.8) is 0 Å². The number of carbonyl (C=O) groups is 2. The summed E-state index contributed by atoms with van der Waals surface area (Å²) in [6.07, 6.45) is 2.15. The van der Waals surface area contributed by atoms with Crippen LogP contribution in [0.15, 0.2) is 48.5 Å². The van der Waals surface area contributed by atoms with Crippen LogP contribution in [0, 0.1) is 0 Å². The van der Waals surface area contributed by atoms with Gasteiger partial charge in [0.2, 0.25) is 5.91 Å². The first-order valence-electron chi connectivity index (χ1n) is 8.30. The second-order valence-corrected chi connectivity index (χ2v) is 6.42. The van der Waals surface area contributed by atoms with E-state index in [0.29, 0.717) is 16.3 Å². The van der Waals surface area contributed by atoms with Gasteiger partial charge in [-0.25, -0.2) is 0 Å². The van der Waals surface area contributed by atoms with Crippen LogP contribution < -0.4 is 10.6 Å². The van der Waals surface area contributed by atoms with Gasteiger partial charge >= 0.3 is 0 Å². The maximum absolute atomic E-state index is 12.3. The van der Waals surface area contributed by atoms with Crippen molar-refractivity contribution in [1.29, 1.82) is 0 Å². The van der Waals surface area contributed by atoms with Crippen molar-refractivity contribution in [1.82, 2.24) is 4.90 Å². The zero-order chi connectivity index (χ0) is 17.6. The molecule has 0 bridgehead atoms. The summed E-state index contributed by atoms with van der Waals surface area (Å²) in [6, 6.07) is 14.2. The summed E-state index contributed by atoms with van der Waals surface area (Å²) >= 11 is 5.81. The van der Waals surface area contributed by atoms with Crippen LogP contribution in [0.5, 0.6) is 0 Å². The zero-order valence-corrected chi connectivity index (χ0v) is 14.6. The SMILES string of the molecule is O=C(CNc1ccc(C(=O)N2CCCC2)cc1)Nc1ccc(Cl)cc1. The van der Waals surface area contributed by atoms with E-state index in [4.69, 9.17) is 11.6 Å². The Bertz CT molecular complexity index is 738. The van der Waals surface area contributed by atoms with E-state index < -0.39 is 0 Å². The molecule has 6 heteroatoms. The van der Waals surface area contributed by atoms with Crippen molar-refractivity contribution < 1.29 is 9.59 Å². The maximum Gasteiger partial charge on any atom is 0.253 e. The summed E-state index contributed by atoms with van der Waals surface area (Å²) in [5, 5.41) is 6.46. The smallest absolute Gasteiger partial charge is 0.253 e. The maximum atomic E-state index is 12.3. The van der Waals surface area contributed by atoms with Crippen molar-refractivity contribution in [2.75, 3.05) is 30.3 Å². The molecule has 1 aliphatic heterocycles. The molecule has 5 nitrogen and oxygen atoms in total. The van der Waals surface area contributed by atoms with E-state index in [1.807, 2.05) is 17.0 Å². The molecule has 0 aromatic heterocycles. The minimum absolute atomic E-state index is 0.0736. The summed E-state index contributed by atoms with van der Waals surface area (Å²) < 4.78 is 0. The molecule has 1 aliphatic rings. The largest absolute Gasteiger partial charge is 0.376 e. The topological polar surface area (TPSA) is 61.4 Å². The lowest BCUT2D eigenvalue weighted by molar-refractivity contribution is -0.114. The molecule has 0 radical (unpaired) electrons. The molecule has 3 rings (SSSR count). The summed E-state index contributed by atoms with van der Waals surface area (Å²) in [5.41, 5.74) is 2.17. The first kappa shape index (κ1) is 17.3. The highest BCUT2D eigenvalue weighted by Crippen LogP contribution is 2.16. The number of likely N-dealkylation sites (tertiary alicyclic amines) is 1. The third-order valence-electron chi connectivity index (χ3n) is 4.11. The van der Waals surface area contributed by atoms with Crippen LogP contribution in [0.4, 0.5) is 11.4 Å². The number of anilines is 2. The fourth-order valence-electron chi connectivity index (χ4n) is 2.75. The van der Waals surface area contributed by atoms with Crippen LogP contribution in [0.2, 0.25) is 5.02 Å². The van der Waals surface area contributed by atoms with Crippen molar-refractivity contribution in [3.8, 4) is 0 Å². The molecule has 2 aromatic carbocycles. The Morgan fingerprint density at radius 1 is 0.920 bits per heavy atom. The molecule has 1 fully saturated rings. The molecule has 0 aliphatic carbocycles. The third-order valence-corrected chi connectivity index (χ3v) is 4.36. The van der Waals surface area contributed by atoms with E-state index in [-0.39, 0.29) is 18.4 Å².